The van der Waals surface area contributed by atoms with Crippen LogP contribution in [0.5, 0.6) is 0 Å². The number of cyclic esters (lactones) is 1. The van der Waals surface area contributed by atoms with Gasteiger partial charge in [-0.05, 0) is 19.9 Å². The Kier molecular flexibility index (Phi) is 3.13. The molecule has 1 N–H and O–H groups in total. The van der Waals surface area contributed by atoms with Gasteiger partial charge in [-0.3, -0.25) is 4.79 Å². The zero-order valence-electron chi connectivity index (χ0n) is 9.90. The van der Waals surface area contributed by atoms with E-state index in [4.69, 9.17) is 4.74 Å². The van der Waals surface area contributed by atoms with E-state index in [0.29, 0.717) is 5.56 Å². The number of rotatable bonds is 3. The van der Waals surface area contributed by atoms with Crippen molar-refractivity contribution >= 4 is 11.9 Å². The van der Waals surface area contributed by atoms with Gasteiger partial charge in [0.05, 0.1) is 12.0 Å². The second kappa shape index (κ2) is 4.57. The van der Waals surface area contributed by atoms with E-state index < -0.39 is 6.10 Å². The first kappa shape index (κ1) is 11.6. The van der Waals surface area contributed by atoms with E-state index in [1.807, 2.05) is 26.0 Å². The maximum Gasteiger partial charge on any atom is 0.339 e. The van der Waals surface area contributed by atoms with E-state index in [1.54, 1.807) is 12.1 Å². The number of benzene rings is 1. The van der Waals surface area contributed by atoms with Crippen LogP contribution in [0.2, 0.25) is 0 Å². The zero-order chi connectivity index (χ0) is 12.4. The molecule has 0 saturated heterocycles. The molecule has 1 amide bonds. The monoisotopic (exact) mass is 233 g/mol. The van der Waals surface area contributed by atoms with Gasteiger partial charge in [-0.2, -0.15) is 0 Å². The van der Waals surface area contributed by atoms with Gasteiger partial charge >= 0.3 is 5.97 Å². The van der Waals surface area contributed by atoms with Crippen LogP contribution in [0.25, 0.3) is 0 Å². The molecule has 0 aliphatic carbocycles. The van der Waals surface area contributed by atoms with Gasteiger partial charge < -0.3 is 10.1 Å². The summed E-state index contributed by atoms with van der Waals surface area (Å²) in [4.78, 5) is 23.1. The predicted molar refractivity (Wildman–Crippen MR) is 62.5 cm³/mol. The van der Waals surface area contributed by atoms with Crippen molar-refractivity contribution in [3.8, 4) is 0 Å². The molecule has 0 unspecified atom stereocenters. The molecule has 1 aromatic carbocycles. The second-order valence-corrected chi connectivity index (χ2v) is 4.41. The SMILES string of the molecule is CC(C)NC(=O)C[C@H]1OC(=O)c2ccccc21. The van der Waals surface area contributed by atoms with Crippen LogP contribution in [0.15, 0.2) is 24.3 Å². The van der Waals surface area contributed by atoms with Gasteiger partial charge in [-0.25, -0.2) is 4.79 Å². The van der Waals surface area contributed by atoms with Crippen molar-refractivity contribution in [2.24, 2.45) is 0 Å². The summed E-state index contributed by atoms with van der Waals surface area (Å²) >= 11 is 0. The van der Waals surface area contributed by atoms with E-state index in [1.165, 1.54) is 0 Å². The van der Waals surface area contributed by atoms with Gasteiger partial charge in [-0.1, -0.05) is 18.2 Å². The van der Waals surface area contributed by atoms with Crippen LogP contribution < -0.4 is 5.32 Å². The van der Waals surface area contributed by atoms with Crippen LogP contribution in [0.1, 0.15) is 42.3 Å². The Labute approximate surface area is 100.0 Å². The molecule has 90 valence electrons. The second-order valence-electron chi connectivity index (χ2n) is 4.41. The number of carbonyl (C=O) groups is 2. The molecule has 0 fully saturated rings. The lowest BCUT2D eigenvalue weighted by Gasteiger charge is -2.12. The standard InChI is InChI=1S/C13H15NO3/c1-8(2)14-12(15)7-11-9-5-3-4-6-10(9)13(16)17-11/h3-6,8,11H,7H2,1-2H3,(H,14,15)/t11-/m1/s1. The highest BCUT2D eigenvalue weighted by atomic mass is 16.5. The van der Waals surface area contributed by atoms with Crippen molar-refractivity contribution in [2.45, 2.75) is 32.4 Å². The van der Waals surface area contributed by atoms with E-state index >= 15 is 0 Å². The summed E-state index contributed by atoms with van der Waals surface area (Å²) in [5, 5.41) is 2.79. The first-order valence-electron chi connectivity index (χ1n) is 5.67. The Balaban J connectivity index is 2.10. The smallest absolute Gasteiger partial charge is 0.339 e. The van der Waals surface area contributed by atoms with Crippen molar-refractivity contribution in [2.75, 3.05) is 0 Å². The third-order valence-corrected chi connectivity index (χ3v) is 2.60. The lowest BCUT2D eigenvalue weighted by Crippen LogP contribution is -2.31. The first-order valence-corrected chi connectivity index (χ1v) is 5.67. The molecule has 1 aliphatic heterocycles. The van der Waals surface area contributed by atoms with E-state index in [-0.39, 0.29) is 24.3 Å². The predicted octanol–water partition coefficient (Wildman–Crippen LogP) is 1.81. The molecular weight excluding hydrogens is 218 g/mol. The molecule has 1 aromatic rings. The van der Waals surface area contributed by atoms with Gasteiger partial charge in [0.1, 0.15) is 6.10 Å². The minimum absolute atomic E-state index is 0.0925. The summed E-state index contributed by atoms with van der Waals surface area (Å²) < 4.78 is 5.18. The van der Waals surface area contributed by atoms with Crippen LogP contribution in [-0.2, 0) is 9.53 Å². The molecule has 1 atom stereocenters. The number of nitrogens with one attached hydrogen (secondary N) is 1. The Morgan fingerprint density at radius 2 is 2.12 bits per heavy atom. The van der Waals surface area contributed by atoms with Crippen molar-refractivity contribution in [3.63, 3.8) is 0 Å². The quantitative estimate of drug-likeness (QED) is 0.810. The Bertz CT molecular complexity index is 454. The largest absolute Gasteiger partial charge is 0.453 e. The Morgan fingerprint density at radius 3 is 2.82 bits per heavy atom. The van der Waals surface area contributed by atoms with Crippen molar-refractivity contribution < 1.29 is 14.3 Å². The summed E-state index contributed by atoms with van der Waals surface area (Å²) in [6.45, 7) is 3.79. The van der Waals surface area contributed by atoms with E-state index in [0.717, 1.165) is 5.56 Å². The minimum atomic E-state index is -0.447. The van der Waals surface area contributed by atoms with Gasteiger partial charge in [-0.15, -0.1) is 0 Å². The van der Waals surface area contributed by atoms with Gasteiger partial charge in [0, 0.05) is 11.6 Å². The molecule has 4 heteroatoms. The van der Waals surface area contributed by atoms with Crippen LogP contribution in [0.4, 0.5) is 0 Å². The van der Waals surface area contributed by atoms with Gasteiger partial charge in [0.2, 0.25) is 5.91 Å². The lowest BCUT2D eigenvalue weighted by atomic mass is 10.0. The Morgan fingerprint density at radius 1 is 1.41 bits per heavy atom. The number of ether oxygens (including phenoxy) is 1. The zero-order valence-corrected chi connectivity index (χ0v) is 9.90. The lowest BCUT2D eigenvalue weighted by molar-refractivity contribution is -0.123. The van der Waals surface area contributed by atoms with Crippen LogP contribution in [0, 0.1) is 0 Å². The molecule has 0 bridgehead atoms. The van der Waals surface area contributed by atoms with Gasteiger partial charge in [0.25, 0.3) is 0 Å². The number of fused-ring (bicyclic) bond motifs is 1. The van der Waals surface area contributed by atoms with Gasteiger partial charge in [0.15, 0.2) is 0 Å². The Hall–Kier alpha value is -1.84. The molecule has 1 aliphatic rings. The molecule has 0 saturated carbocycles. The first-order chi connectivity index (χ1) is 8.08. The summed E-state index contributed by atoms with van der Waals surface area (Å²) in [5.74, 6) is -0.447. The third-order valence-electron chi connectivity index (χ3n) is 2.60. The summed E-state index contributed by atoms with van der Waals surface area (Å²) in [6.07, 6.45) is -0.265. The molecule has 1 heterocycles. The summed E-state index contributed by atoms with van der Waals surface area (Å²) in [7, 11) is 0. The molecule has 0 aromatic heterocycles. The van der Waals surface area contributed by atoms with E-state index in [2.05, 4.69) is 5.32 Å². The van der Waals surface area contributed by atoms with Crippen LogP contribution >= 0.6 is 0 Å². The normalized spacial score (nSPS) is 17.8. The molecule has 0 spiro atoms. The van der Waals surface area contributed by atoms with Crippen molar-refractivity contribution in [1.29, 1.82) is 0 Å². The maximum absolute atomic E-state index is 11.6. The maximum atomic E-state index is 11.6. The fourth-order valence-electron chi connectivity index (χ4n) is 1.92. The minimum Gasteiger partial charge on any atom is -0.453 e. The van der Waals surface area contributed by atoms with E-state index in [9.17, 15) is 9.59 Å². The number of esters is 1. The van der Waals surface area contributed by atoms with Crippen LogP contribution in [-0.4, -0.2) is 17.9 Å². The molecule has 4 nitrogen and oxygen atoms in total. The van der Waals surface area contributed by atoms with Crippen molar-refractivity contribution in [3.05, 3.63) is 35.4 Å². The van der Waals surface area contributed by atoms with Crippen molar-refractivity contribution in [1.82, 2.24) is 5.32 Å². The number of carbonyl (C=O) groups excluding carboxylic acids is 2. The average molecular weight is 233 g/mol. The highest BCUT2D eigenvalue weighted by Crippen LogP contribution is 2.32. The molecule has 2 rings (SSSR count). The highest BCUT2D eigenvalue weighted by molar-refractivity contribution is 5.94. The third kappa shape index (κ3) is 2.46. The number of hydrogen-bond donors (Lipinski definition) is 1. The molecule has 0 radical (unpaired) electrons. The summed E-state index contributed by atoms with van der Waals surface area (Å²) in [5.41, 5.74) is 1.37. The number of amides is 1. The topological polar surface area (TPSA) is 55.4 Å². The average Bonchev–Trinajstić information content (AvgIpc) is 2.55. The fourth-order valence-corrected chi connectivity index (χ4v) is 1.92. The van der Waals surface area contributed by atoms with Crippen LogP contribution in [0.3, 0.4) is 0 Å². The summed E-state index contributed by atoms with van der Waals surface area (Å²) in [6, 6.07) is 7.27. The highest BCUT2D eigenvalue weighted by Gasteiger charge is 2.31. The molecule has 17 heavy (non-hydrogen) atoms. The molecular formula is C13H15NO3. The fraction of sp³-hybridized carbons (Fsp3) is 0.385. The number of hydrogen-bond acceptors (Lipinski definition) is 3.